The molecule has 10 rings (SSSR count). The van der Waals surface area contributed by atoms with Gasteiger partial charge in [-0.15, -0.1) is 0 Å². The smallest absolute Gasteiger partial charge is 0.308 e. The van der Waals surface area contributed by atoms with Gasteiger partial charge < -0.3 is 4.57 Å². The van der Waals surface area contributed by atoms with E-state index in [1.54, 1.807) is 6.07 Å². The van der Waals surface area contributed by atoms with Gasteiger partial charge in [-0.05, 0) is 36.4 Å². The van der Waals surface area contributed by atoms with Crippen LogP contribution in [-0.4, -0.2) is 29.5 Å². The van der Waals surface area contributed by atoms with E-state index in [0.29, 0.717) is 51.1 Å². The summed E-state index contributed by atoms with van der Waals surface area (Å²) in [6, 6.07) is 58.3. The second-order valence-corrected chi connectivity index (χ2v) is 14.0. The zero-order valence-corrected chi connectivity index (χ0v) is 31.2. The van der Waals surface area contributed by atoms with E-state index >= 15 is 0 Å². The topological polar surface area (TPSA) is 69.4 Å². The molecule has 0 unspecified atom stereocenters. The Balaban J connectivity index is 1.28. The lowest BCUT2D eigenvalue weighted by Gasteiger charge is -2.17. The first-order valence-electron chi connectivity index (χ1n) is 19.0. The maximum Gasteiger partial charge on any atom is 0.416 e. The van der Waals surface area contributed by atoms with Crippen molar-refractivity contribution >= 4 is 21.8 Å². The van der Waals surface area contributed by atoms with Gasteiger partial charge in [-0.3, -0.25) is 0 Å². The molecule has 9 heteroatoms. The number of fused-ring (bicyclic) bond motifs is 3. The Morgan fingerprint density at radius 3 is 1.41 bits per heavy atom. The minimum absolute atomic E-state index is 0.341. The van der Waals surface area contributed by atoms with E-state index < -0.39 is 11.7 Å². The van der Waals surface area contributed by atoms with E-state index in [4.69, 9.17) is 24.9 Å². The van der Waals surface area contributed by atoms with Gasteiger partial charge in [0.05, 0.1) is 33.7 Å². The predicted molar refractivity (Wildman–Crippen MR) is 227 cm³/mol. The van der Waals surface area contributed by atoms with E-state index in [2.05, 4.69) is 0 Å². The SMILES string of the molecule is FC(F)(F)c1ccc2c3ccccc3n(-c3ccc(-c4cc(-c5ccccc5)nc(-c5ccccc5)n4)cc3-c3nc(-c4ccccc4)nc(-c4ccccc4)n3)c2c1. The summed E-state index contributed by atoms with van der Waals surface area (Å²) in [5.74, 6) is 1.79. The number of alkyl halides is 3. The maximum atomic E-state index is 14.4. The van der Waals surface area contributed by atoms with Crippen molar-refractivity contribution in [3.05, 3.63) is 194 Å². The number of aromatic nitrogens is 6. The third-order valence-electron chi connectivity index (χ3n) is 10.3. The van der Waals surface area contributed by atoms with Crippen LogP contribution in [0.2, 0.25) is 0 Å². The van der Waals surface area contributed by atoms with Crippen LogP contribution in [0.25, 0.3) is 95.6 Å². The summed E-state index contributed by atoms with van der Waals surface area (Å²) >= 11 is 0. The van der Waals surface area contributed by atoms with Gasteiger partial charge in [-0.2, -0.15) is 13.2 Å². The lowest BCUT2D eigenvalue weighted by Crippen LogP contribution is -2.06. The van der Waals surface area contributed by atoms with E-state index in [9.17, 15) is 13.2 Å². The monoisotopic (exact) mass is 772 g/mol. The van der Waals surface area contributed by atoms with Gasteiger partial charge >= 0.3 is 6.18 Å². The van der Waals surface area contributed by atoms with E-state index in [1.165, 1.54) is 6.07 Å². The predicted octanol–water partition coefficient (Wildman–Crippen LogP) is 12.8. The molecule has 0 aliphatic carbocycles. The summed E-state index contributed by atoms with van der Waals surface area (Å²) in [4.78, 5) is 25.2. The first-order chi connectivity index (χ1) is 28.9. The summed E-state index contributed by atoms with van der Waals surface area (Å²) in [5, 5.41) is 1.50. The largest absolute Gasteiger partial charge is 0.416 e. The standard InChI is InChI=1S/C50H31F3N6/c51-50(52,53)37-26-27-39-38-23-13-14-24-43(38)59(45(39)30-37)44-28-25-36(42-31-41(32-15-5-1-6-16-32)54-46(55-42)33-17-7-2-8-18-33)29-40(44)49-57-47(34-19-9-3-10-20-34)56-48(58-49)35-21-11-4-12-22-35/h1-31H. The van der Waals surface area contributed by atoms with Crippen molar-refractivity contribution in [3.8, 4) is 73.8 Å². The molecule has 0 atom stereocenters. The molecule has 0 saturated heterocycles. The quantitative estimate of drug-likeness (QED) is 0.161. The van der Waals surface area contributed by atoms with E-state index in [0.717, 1.165) is 50.5 Å². The lowest BCUT2D eigenvalue weighted by atomic mass is 10.0. The molecule has 6 nitrogen and oxygen atoms in total. The zero-order chi connectivity index (χ0) is 39.9. The van der Waals surface area contributed by atoms with Crippen molar-refractivity contribution in [3.63, 3.8) is 0 Å². The first-order valence-corrected chi connectivity index (χ1v) is 19.0. The van der Waals surface area contributed by atoms with Crippen LogP contribution in [0.1, 0.15) is 5.56 Å². The maximum absolute atomic E-state index is 14.4. The molecule has 3 aromatic heterocycles. The fourth-order valence-corrected chi connectivity index (χ4v) is 7.47. The number of para-hydroxylation sites is 1. The molecule has 7 aromatic carbocycles. The molecule has 0 aliphatic rings. The minimum atomic E-state index is -4.55. The molecule has 0 spiro atoms. The molecule has 0 fully saturated rings. The second kappa shape index (κ2) is 14.6. The Labute approximate surface area is 337 Å². The summed E-state index contributed by atoms with van der Waals surface area (Å²) in [5.41, 5.74) is 7.01. The Morgan fingerprint density at radius 1 is 0.356 bits per heavy atom. The lowest BCUT2D eigenvalue weighted by molar-refractivity contribution is -0.137. The molecule has 0 aliphatic heterocycles. The van der Waals surface area contributed by atoms with Crippen LogP contribution in [0, 0.1) is 0 Å². The molecule has 0 saturated carbocycles. The van der Waals surface area contributed by atoms with Crippen LogP contribution in [0.15, 0.2) is 188 Å². The normalized spacial score (nSPS) is 11.6. The first kappa shape index (κ1) is 35.6. The highest BCUT2D eigenvalue weighted by Crippen LogP contribution is 2.41. The zero-order valence-electron chi connectivity index (χ0n) is 31.2. The molecule has 59 heavy (non-hydrogen) atoms. The minimum Gasteiger partial charge on any atom is -0.308 e. The third-order valence-corrected chi connectivity index (χ3v) is 10.3. The number of halogens is 3. The molecule has 0 bridgehead atoms. The average molecular weight is 773 g/mol. The fourth-order valence-electron chi connectivity index (χ4n) is 7.47. The van der Waals surface area contributed by atoms with Crippen molar-refractivity contribution in [2.24, 2.45) is 0 Å². The molecule has 3 heterocycles. The Bertz CT molecular complexity index is 3020. The van der Waals surface area contributed by atoms with Gasteiger partial charge in [0.1, 0.15) is 0 Å². The number of rotatable bonds is 7. The Morgan fingerprint density at radius 2 is 0.831 bits per heavy atom. The number of benzene rings is 7. The van der Waals surface area contributed by atoms with Gasteiger partial charge in [0.25, 0.3) is 0 Å². The number of hydrogen-bond acceptors (Lipinski definition) is 5. The molecule has 0 N–H and O–H groups in total. The van der Waals surface area contributed by atoms with Crippen molar-refractivity contribution in [2.75, 3.05) is 0 Å². The van der Waals surface area contributed by atoms with Crippen LogP contribution >= 0.6 is 0 Å². The van der Waals surface area contributed by atoms with Crippen LogP contribution < -0.4 is 0 Å². The van der Waals surface area contributed by atoms with Gasteiger partial charge in [-0.25, -0.2) is 24.9 Å². The fraction of sp³-hybridized carbons (Fsp3) is 0.0200. The van der Waals surface area contributed by atoms with Gasteiger partial charge in [0, 0.05) is 44.2 Å². The van der Waals surface area contributed by atoms with Crippen LogP contribution in [-0.2, 0) is 6.18 Å². The Kier molecular flexibility index (Phi) is 8.83. The van der Waals surface area contributed by atoms with Gasteiger partial charge in [0.15, 0.2) is 23.3 Å². The highest BCUT2D eigenvalue weighted by atomic mass is 19.4. The highest BCUT2D eigenvalue weighted by Gasteiger charge is 2.31. The number of nitrogens with zero attached hydrogens (tertiary/aromatic N) is 6. The van der Waals surface area contributed by atoms with E-state index in [-0.39, 0.29) is 0 Å². The molecule has 0 radical (unpaired) electrons. The molecular weight excluding hydrogens is 742 g/mol. The van der Waals surface area contributed by atoms with Crippen molar-refractivity contribution in [1.82, 2.24) is 29.5 Å². The van der Waals surface area contributed by atoms with Crippen molar-refractivity contribution < 1.29 is 13.2 Å². The van der Waals surface area contributed by atoms with E-state index in [1.807, 2.05) is 174 Å². The van der Waals surface area contributed by atoms with Crippen LogP contribution in [0.5, 0.6) is 0 Å². The second-order valence-electron chi connectivity index (χ2n) is 14.0. The van der Waals surface area contributed by atoms with Crippen molar-refractivity contribution in [2.45, 2.75) is 6.18 Å². The molecule has 282 valence electrons. The third kappa shape index (κ3) is 6.78. The summed E-state index contributed by atoms with van der Waals surface area (Å²) in [6.45, 7) is 0. The van der Waals surface area contributed by atoms with Gasteiger partial charge in [-0.1, -0.05) is 152 Å². The molecular formula is C50H31F3N6. The van der Waals surface area contributed by atoms with Crippen molar-refractivity contribution in [1.29, 1.82) is 0 Å². The van der Waals surface area contributed by atoms with Gasteiger partial charge in [0.2, 0.25) is 0 Å². The number of hydrogen-bond donors (Lipinski definition) is 0. The van der Waals surface area contributed by atoms with Crippen LogP contribution in [0.3, 0.4) is 0 Å². The molecule has 0 amide bonds. The summed E-state index contributed by atoms with van der Waals surface area (Å²) < 4.78 is 45.0. The summed E-state index contributed by atoms with van der Waals surface area (Å²) in [7, 11) is 0. The summed E-state index contributed by atoms with van der Waals surface area (Å²) in [6.07, 6.45) is -4.55. The highest BCUT2D eigenvalue weighted by molar-refractivity contribution is 6.10. The molecule has 10 aromatic rings. The van der Waals surface area contributed by atoms with Crippen LogP contribution in [0.4, 0.5) is 13.2 Å². The Hall–Kier alpha value is -7.78. The average Bonchev–Trinajstić information content (AvgIpc) is 3.63.